The summed E-state index contributed by atoms with van der Waals surface area (Å²) in [5.74, 6) is 0.0794. The summed E-state index contributed by atoms with van der Waals surface area (Å²) in [5.41, 5.74) is 4.91. The lowest BCUT2D eigenvalue weighted by atomic mass is 9.98. The lowest BCUT2D eigenvalue weighted by Crippen LogP contribution is -2.34. The molecule has 1 amide bonds. The Morgan fingerprint density at radius 3 is 2.62 bits per heavy atom. The number of benzene rings is 1. The molecule has 8 heteroatoms. The Labute approximate surface area is 190 Å². The van der Waals surface area contributed by atoms with Crippen molar-refractivity contribution in [2.75, 3.05) is 19.3 Å². The fraction of sp³-hybridized carbons (Fsp3) is 0.167. The van der Waals surface area contributed by atoms with Crippen molar-refractivity contribution in [3.8, 4) is 11.1 Å². The van der Waals surface area contributed by atoms with Gasteiger partial charge in [0.05, 0.1) is 9.77 Å². The zero-order valence-electron chi connectivity index (χ0n) is 17.4. The number of hydrogen-bond donors (Lipinski definition) is 1. The monoisotopic (exact) mass is 463 g/mol. The van der Waals surface area contributed by atoms with E-state index in [1.807, 2.05) is 28.6 Å². The van der Waals surface area contributed by atoms with E-state index in [4.69, 9.17) is 0 Å². The van der Waals surface area contributed by atoms with Gasteiger partial charge in [0.15, 0.2) is 9.84 Å². The number of nitrogens with zero attached hydrogens (tertiary/aromatic N) is 2. The highest BCUT2D eigenvalue weighted by Crippen LogP contribution is 2.32. The highest BCUT2D eigenvalue weighted by molar-refractivity contribution is 7.90. The molecule has 0 radical (unpaired) electrons. The zero-order chi connectivity index (χ0) is 22.3. The van der Waals surface area contributed by atoms with Crippen molar-refractivity contribution < 1.29 is 13.2 Å². The van der Waals surface area contributed by atoms with E-state index in [1.165, 1.54) is 23.2 Å². The van der Waals surface area contributed by atoms with Crippen LogP contribution in [0.15, 0.2) is 71.2 Å². The number of fused-ring (bicyclic) bond motifs is 1. The number of carbonyl (C=O) groups excluding carboxylic acids is 1. The zero-order valence-corrected chi connectivity index (χ0v) is 19.0. The van der Waals surface area contributed by atoms with Crippen LogP contribution in [-0.2, 0) is 9.84 Å². The molecule has 1 N–H and O–H groups in total. The van der Waals surface area contributed by atoms with Crippen molar-refractivity contribution >= 4 is 43.7 Å². The Morgan fingerprint density at radius 2 is 1.97 bits per heavy atom. The van der Waals surface area contributed by atoms with E-state index in [9.17, 15) is 13.2 Å². The van der Waals surface area contributed by atoms with Gasteiger partial charge in [0.1, 0.15) is 5.65 Å². The summed E-state index contributed by atoms with van der Waals surface area (Å²) in [6, 6.07) is 12.7. The highest BCUT2D eigenvalue weighted by Gasteiger charge is 2.21. The maximum Gasteiger partial charge on any atom is 0.264 e. The van der Waals surface area contributed by atoms with E-state index >= 15 is 0 Å². The summed E-state index contributed by atoms with van der Waals surface area (Å²) in [6.07, 6.45) is 7.85. The summed E-state index contributed by atoms with van der Waals surface area (Å²) in [6.45, 7) is 1.26. The second kappa shape index (κ2) is 8.03. The molecule has 0 fully saturated rings. The number of carbonyl (C=O) groups is 1. The van der Waals surface area contributed by atoms with Crippen LogP contribution < -0.4 is 0 Å². The number of aromatic amines is 1. The van der Waals surface area contributed by atoms with Crippen LogP contribution in [0.3, 0.4) is 0 Å². The van der Waals surface area contributed by atoms with Crippen LogP contribution in [0.1, 0.15) is 21.7 Å². The van der Waals surface area contributed by atoms with Gasteiger partial charge in [0.25, 0.3) is 5.91 Å². The number of nitrogens with one attached hydrogen (secondary N) is 1. The van der Waals surface area contributed by atoms with Crippen molar-refractivity contribution in [3.05, 3.63) is 76.8 Å². The van der Waals surface area contributed by atoms with Gasteiger partial charge in [-0.15, -0.1) is 11.3 Å². The Hall–Kier alpha value is -3.23. The second-order valence-corrected chi connectivity index (χ2v) is 10.8. The number of hydrogen-bond acceptors (Lipinski definition) is 5. The van der Waals surface area contributed by atoms with E-state index in [2.05, 4.69) is 22.1 Å². The quantitative estimate of drug-likeness (QED) is 0.479. The topological polar surface area (TPSA) is 83.1 Å². The lowest BCUT2D eigenvalue weighted by molar-refractivity contribution is 0.0777. The minimum atomic E-state index is -3.23. The lowest BCUT2D eigenvalue weighted by Gasteiger charge is -2.26. The van der Waals surface area contributed by atoms with E-state index in [-0.39, 0.29) is 5.91 Å². The minimum absolute atomic E-state index is 0.0794. The fourth-order valence-corrected chi connectivity index (χ4v) is 5.30. The van der Waals surface area contributed by atoms with E-state index < -0.39 is 9.84 Å². The summed E-state index contributed by atoms with van der Waals surface area (Å²) >= 11 is 1.47. The van der Waals surface area contributed by atoms with Crippen molar-refractivity contribution in [1.29, 1.82) is 0 Å². The molecule has 1 aliphatic rings. The molecule has 1 aromatic carbocycles. The molecule has 0 aliphatic carbocycles. The Bertz CT molecular complexity index is 1430. The van der Waals surface area contributed by atoms with Crippen LogP contribution >= 0.6 is 11.3 Å². The maximum atomic E-state index is 12.6. The smallest absolute Gasteiger partial charge is 0.264 e. The van der Waals surface area contributed by atoms with Crippen LogP contribution in [0.4, 0.5) is 0 Å². The first-order chi connectivity index (χ1) is 15.4. The maximum absolute atomic E-state index is 12.6. The number of aromatic nitrogens is 2. The first-order valence-corrected chi connectivity index (χ1v) is 13.0. The molecule has 0 saturated heterocycles. The van der Waals surface area contributed by atoms with Gasteiger partial charge in [-0.25, -0.2) is 13.4 Å². The Morgan fingerprint density at radius 1 is 1.16 bits per heavy atom. The fourth-order valence-electron chi connectivity index (χ4n) is 3.98. The van der Waals surface area contributed by atoms with Crippen LogP contribution in [-0.4, -0.2) is 48.5 Å². The van der Waals surface area contributed by atoms with Gasteiger partial charge in [-0.05, 0) is 47.2 Å². The molecule has 0 bridgehead atoms. The van der Waals surface area contributed by atoms with Crippen molar-refractivity contribution in [2.45, 2.75) is 11.3 Å². The predicted octanol–water partition coefficient (Wildman–Crippen LogP) is 4.62. The number of amides is 1. The number of rotatable bonds is 4. The molecule has 4 aromatic rings. The second-order valence-electron chi connectivity index (χ2n) is 7.83. The van der Waals surface area contributed by atoms with E-state index in [0.717, 1.165) is 39.0 Å². The molecule has 0 saturated carbocycles. The molecular formula is C24H21N3O3S2. The average molecular weight is 464 g/mol. The molecule has 6 nitrogen and oxygen atoms in total. The van der Waals surface area contributed by atoms with Gasteiger partial charge in [-0.1, -0.05) is 24.3 Å². The standard InChI is InChI=1S/C24H21N3O3S2/c1-32(29,30)19-6-4-16(5-7-19)18-13-20-21(15-26-23(20)25-14-18)17-8-10-27(11-9-17)24(28)22-3-2-12-31-22/h2-8,12-15H,9-11H2,1H3,(H,25,26). The Balaban J connectivity index is 1.43. The first kappa shape index (κ1) is 20.7. The molecule has 0 atom stereocenters. The summed E-state index contributed by atoms with van der Waals surface area (Å²) < 4.78 is 23.5. The summed E-state index contributed by atoms with van der Waals surface area (Å²) in [4.78, 5) is 23.3. The molecule has 5 rings (SSSR count). The number of thiophene rings is 1. The molecule has 32 heavy (non-hydrogen) atoms. The van der Waals surface area contributed by atoms with Crippen LogP contribution in [0.25, 0.3) is 27.7 Å². The van der Waals surface area contributed by atoms with Gasteiger partial charge in [-0.3, -0.25) is 4.79 Å². The third-order valence-corrected chi connectivity index (χ3v) is 7.71. The summed E-state index contributed by atoms with van der Waals surface area (Å²) in [5, 5.41) is 2.93. The van der Waals surface area contributed by atoms with Crippen LogP contribution in [0, 0.1) is 0 Å². The van der Waals surface area contributed by atoms with Gasteiger partial charge >= 0.3 is 0 Å². The molecule has 1 aliphatic heterocycles. The molecule has 162 valence electrons. The third kappa shape index (κ3) is 3.87. The molecule has 0 spiro atoms. The largest absolute Gasteiger partial charge is 0.346 e. The van der Waals surface area contributed by atoms with Crippen LogP contribution in [0.2, 0.25) is 0 Å². The number of H-pyrrole nitrogens is 1. The van der Waals surface area contributed by atoms with Gasteiger partial charge in [0.2, 0.25) is 0 Å². The molecule has 0 unspecified atom stereocenters. The SMILES string of the molecule is CS(=O)(=O)c1ccc(-c2cnc3[nH]cc(C4=CCN(C(=O)c5cccs5)CC4)c3c2)cc1. The third-order valence-electron chi connectivity index (χ3n) is 5.72. The van der Waals surface area contributed by atoms with Gasteiger partial charge in [-0.2, -0.15) is 0 Å². The average Bonchev–Trinajstić information content (AvgIpc) is 3.48. The Kier molecular flexibility index (Phi) is 5.19. The normalized spacial score (nSPS) is 14.5. The molecule has 4 heterocycles. The molecule has 3 aromatic heterocycles. The number of pyridine rings is 1. The van der Waals surface area contributed by atoms with Gasteiger partial charge in [0, 0.05) is 48.3 Å². The highest BCUT2D eigenvalue weighted by atomic mass is 32.2. The first-order valence-electron chi connectivity index (χ1n) is 10.2. The van der Waals surface area contributed by atoms with Crippen LogP contribution in [0.5, 0.6) is 0 Å². The van der Waals surface area contributed by atoms with Crippen molar-refractivity contribution in [1.82, 2.24) is 14.9 Å². The molecular weight excluding hydrogens is 442 g/mol. The number of sulfone groups is 1. The minimum Gasteiger partial charge on any atom is -0.346 e. The summed E-state index contributed by atoms with van der Waals surface area (Å²) in [7, 11) is -3.23. The van der Waals surface area contributed by atoms with Crippen molar-refractivity contribution in [3.63, 3.8) is 0 Å². The van der Waals surface area contributed by atoms with Crippen molar-refractivity contribution in [2.24, 2.45) is 0 Å². The predicted molar refractivity (Wildman–Crippen MR) is 127 cm³/mol. The van der Waals surface area contributed by atoms with E-state index in [1.54, 1.807) is 30.5 Å². The van der Waals surface area contributed by atoms with Gasteiger partial charge < -0.3 is 9.88 Å². The van der Waals surface area contributed by atoms with E-state index in [0.29, 0.717) is 18.0 Å².